The molecule has 1 aliphatic heterocycles. The number of carbonyl (C=O) groups excluding carboxylic acids is 1. The van der Waals surface area contributed by atoms with Crippen molar-refractivity contribution in [1.82, 2.24) is 15.0 Å². The molecule has 0 radical (unpaired) electrons. The molecule has 1 fully saturated rings. The maximum Gasteiger partial charge on any atom is 0.232 e. The van der Waals surface area contributed by atoms with Gasteiger partial charge in [-0.05, 0) is 24.1 Å². The predicted molar refractivity (Wildman–Crippen MR) is 98.8 cm³/mol. The number of aromatic nitrogens is 2. The highest BCUT2D eigenvalue weighted by atomic mass is 35.5. The number of rotatable bonds is 5. The van der Waals surface area contributed by atoms with E-state index in [2.05, 4.69) is 10.1 Å². The van der Waals surface area contributed by atoms with E-state index < -0.39 is 0 Å². The summed E-state index contributed by atoms with van der Waals surface area (Å²) in [5.74, 6) is 1.18. The van der Waals surface area contributed by atoms with E-state index in [1.807, 2.05) is 59.5 Å². The van der Waals surface area contributed by atoms with Gasteiger partial charge in [0.15, 0.2) is 0 Å². The Morgan fingerprint density at radius 2 is 1.88 bits per heavy atom. The van der Waals surface area contributed by atoms with Crippen molar-refractivity contribution in [3.63, 3.8) is 0 Å². The zero-order chi connectivity index (χ0) is 17.9. The van der Waals surface area contributed by atoms with E-state index in [9.17, 15) is 4.79 Å². The lowest BCUT2D eigenvalue weighted by Gasteiger charge is -2.15. The second-order valence-corrected chi connectivity index (χ2v) is 6.88. The van der Waals surface area contributed by atoms with Crippen molar-refractivity contribution >= 4 is 17.5 Å². The van der Waals surface area contributed by atoms with Crippen LogP contribution in [0.2, 0.25) is 5.02 Å². The van der Waals surface area contributed by atoms with Gasteiger partial charge in [-0.15, -0.1) is 0 Å². The van der Waals surface area contributed by atoms with Crippen LogP contribution in [0.15, 0.2) is 59.1 Å². The lowest BCUT2D eigenvalue weighted by atomic mass is 10.1. The summed E-state index contributed by atoms with van der Waals surface area (Å²) in [6.45, 7) is 1.29. The molecule has 0 N–H and O–H groups in total. The molecule has 26 heavy (non-hydrogen) atoms. The molecule has 2 aromatic carbocycles. The van der Waals surface area contributed by atoms with Crippen molar-refractivity contribution in [1.29, 1.82) is 0 Å². The molecule has 132 valence electrons. The summed E-state index contributed by atoms with van der Waals surface area (Å²) in [5.41, 5.74) is 2.07. The molecule has 0 spiro atoms. The van der Waals surface area contributed by atoms with Crippen LogP contribution in [-0.2, 0) is 11.2 Å². The minimum Gasteiger partial charge on any atom is -0.342 e. The third-order valence-electron chi connectivity index (χ3n) is 4.62. The van der Waals surface area contributed by atoms with Crippen LogP contribution >= 0.6 is 11.6 Å². The Kier molecular flexibility index (Phi) is 4.71. The van der Waals surface area contributed by atoms with Crippen LogP contribution in [0.1, 0.15) is 23.8 Å². The number of hydrogen-bond acceptors (Lipinski definition) is 4. The second-order valence-electron chi connectivity index (χ2n) is 6.44. The average molecular weight is 368 g/mol. The third-order valence-corrected chi connectivity index (χ3v) is 4.87. The molecule has 1 aromatic heterocycles. The average Bonchev–Trinajstić information content (AvgIpc) is 3.29. The van der Waals surface area contributed by atoms with Gasteiger partial charge >= 0.3 is 0 Å². The molecule has 6 heteroatoms. The first-order valence-electron chi connectivity index (χ1n) is 8.60. The van der Waals surface area contributed by atoms with Crippen LogP contribution < -0.4 is 0 Å². The molecule has 1 unspecified atom stereocenters. The van der Waals surface area contributed by atoms with Crippen LogP contribution in [0.3, 0.4) is 0 Å². The van der Waals surface area contributed by atoms with Gasteiger partial charge in [0.05, 0.1) is 5.92 Å². The highest BCUT2D eigenvalue weighted by Gasteiger charge is 2.34. The van der Waals surface area contributed by atoms with E-state index >= 15 is 0 Å². The van der Waals surface area contributed by atoms with Crippen molar-refractivity contribution in [3.8, 4) is 11.4 Å². The van der Waals surface area contributed by atoms with Crippen LogP contribution in [0.5, 0.6) is 0 Å². The molecule has 4 rings (SSSR count). The SMILES string of the molecule is O=C1CC(c2nc(-c3ccccc3)no2)CN1CCc1ccc(Cl)cc1. The van der Waals surface area contributed by atoms with Gasteiger partial charge in [0, 0.05) is 30.1 Å². The number of likely N-dealkylation sites (tertiary alicyclic amines) is 1. The molecule has 0 saturated carbocycles. The normalized spacial score (nSPS) is 17.0. The summed E-state index contributed by atoms with van der Waals surface area (Å²) in [6.07, 6.45) is 1.21. The zero-order valence-electron chi connectivity index (χ0n) is 14.1. The minimum atomic E-state index is -0.0438. The summed E-state index contributed by atoms with van der Waals surface area (Å²) in [7, 11) is 0. The Hall–Kier alpha value is -2.66. The summed E-state index contributed by atoms with van der Waals surface area (Å²) < 4.78 is 5.42. The number of carbonyl (C=O) groups is 1. The number of amides is 1. The first kappa shape index (κ1) is 16.8. The maximum atomic E-state index is 12.3. The Bertz CT molecular complexity index is 893. The van der Waals surface area contributed by atoms with E-state index in [1.165, 1.54) is 0 Å². The number of hydrogen-bond donors (Lipinski definition) is 0. The maximum absolute atomic E-state index is 12.3. The van der Waals surface area contributed by atoms with Crippen LogP contribution in [0.4, 0.5) is 0 Å². The van der Waals surface area contributed by atoms with E-state index in [1.54, 1.807) is 0 Å². The molecular formula is C20H18ClN3O2. The van der Waals surface area contributed by atoms with Crippen LogP contribution in [0, 0.1) is 0 Å². The summed E-state index contributed by atoms with van der Waals surface area (Å²) in [4.78, 5) is 18.7. The molecule has 5 nitrogen and oxygen atoms in total. The van der Waals surface area contributed by atoms with Gasteiger partial charge < -0.3 is 9.42 Å². The molecule has 1 atom stereocenters. The molecule has 2 heterocycles. The van der Waals surface area contributed by atoms with E-state index in [0.717, 1.165) is 22.6 Å². The summed E-state index contributed by atoms with van der Waals surface area (Å²) in [6, 6.07) is 17.4. The molecular weight excluding hydrogens is 350 g/mol. The molecule has 1 saturated heterocycles. The highest BCUT2D eigenvalue weighted by molar-refractivity contribution is 6.30. The fourth-order valence-electron chi connectivity index (χ4n) is 3.17. The Morgan fingerprint density at radius 3 is 2.65 bits per heavy atom. The van der Waals surface area contributed by atoms with Gasteiger partial charge in [-0.25, -0.2) is 0 Å². The monoisotopic (exact) mass is 367 g/mol. The van der Waals surface area contributed by atoms with Crippen molar-refractivity contribution in [2.24, 2.45) is 0 Å². The lowest BCUT2D eigenvalue weighted by molar-refractivity contribution is -0.127. The Morgan fingerprint density at radius 1 is 1.12 bits per heavy atom. The Labute approximate surface area is 156 Å². The lowest BCUT2D eigenvalue weighted by Crippen LogP contribution is -2.27. The number of benzene rings is 2. The summed E-state index contributed by atoms with van der Waals surface area (Å²) in [5, 5.41) is 4.77. The van der Waals surface area contributed by atoms with E-state index in [4.69, 9.17) is 16.1 Å². The topological polar surface area (TPSA) is 59.2 Å². The molecule has 0 bridgehead atoms. The first-order valence-corrected chi connectivity index (χ1v) is 8.98. The van der Waals surface area contributed by atoms with Crippen LogP contribution in [-0.4, -0.2) is 34.0 Å². The van der Waals surface area contributed by atoms with Crippen molar-refractivity contribution in [2.45, 2.75) is 18.8 Å². The van der Waals surface area contributed by atoms with Gasteiger partial charge in [-0.1, -0.05) is 59.2 Å². The largest absolute Gasteiger partial charge is 0.342 e. The second kappa shape index (κ2) is 7.30. The fraction of sp³-hybridized carbons (Fsp3) is 0.250. The van der Waals surface area contributed by atoms with Crippen LogP contribution in [0.25, 0.3) is 11.4 Å². The molecule has 3 aromatic rings. The molecule has 0 aliphatic carbocycles. The van der Waals surface area contributed by atoms with E-state index in [-0.39, 0.29) is 11.8 Å². The van der Waals surface area contributed by atoms with Gasteiger partial charge in [0.2, 0.25) is 17.6 Å². The first-order chi connectivity index (χ1) is 12.7. The predicted octanol–water partition coefficient (Wildman–Crippen LogP) is 3.95. The van der Waals surface area contributed by atoms with Crippen molar-refractivity contribution in [3.05, 3.63) is 71.1 Å². The Balaban J connectivity index is 1.40. The van der Waals surface area contributed by atoms with E-state index in [0.29, 0.717) is 31.2 Å². The summed E-state index contributed by atoms with van der Waals surface area (Å²) >= 11 is 5.91. The number of nitrogens with zero attached hydrogens (tertiary/aromatic N) is 3. The number of halogens is 1. The molecule has 1 aliphatic rings. The zero-order valence-corrected chi connectivity index (χ0v) is 14.9. The smallest absolute Gasteiger partial charge is 0.232 e. The standard InChI is InChI=1S/C20H18ClN3O2/c21-17-8-6-14(7-9-17)10-11-24-13-16(12-18(24)25)20-22-19(23-26-20)15-4-2-1-3-5-15/h1-9,16H,10-13H2. The quantitative estimate of drug-likeness (QED) is 0.685. The fourth-order valence-corrected chi connectivity index (χ4v) is 3.30. The minimum absolute atomic E-state index is 0.0438. The van der Waals surface area contributed by atoms with Gasteiger partial charge in [-0.3, -0.25) is 4.79 Å². The van der Waals surface area contributed by atoms with Gasteiger partial charge in [-0.2, -0.15) is 4.98 Å². The highest BCUT2D eigenvalue weighted by Crippen LogP contribution is 2.28. The molecule has 1 amide bonds. The van der Waals surface area contributed by atoms with Gasteiger partial charge in [0.1, 0.15) is 0 Å². The third kappa shape index (κ3) is 3.63. The van der Waals surface area contributed by atoms with Crippen molar-refractivity contribution < 1.29 is 9.32 Å². The van der Waals surface area contributed by atoms with Crippen molar-refractivity contribution in [2.75, 3.05) is 13.1 Å². The van der Waals surface area contributed by atoms with Gasteiger partial charge in [0.25, 0.3) is 0 Å².